The van der Waals surface area contributed by atoms with Crippen LogP contribution in [0.1, 0.15) is 30.1 Å². The normalized spacial score (nSPS) is 13.7. The lowest BCUT2D eigenvalue weighted by Crippen LogP contribution is -2.27. The molecule has 0 fully saturated rings. The van der Waals surface area contributed by atoms with E-state index in [-0.39, 0.29) is 24.4 Å². The van der Waals surface area contributed by atoms with E-state index >= 15 is 0 Å². The zero-order chi connectivity index (χ0) is 15.2. The van der Waals surface area contributed by atoms with Gasteiger partial charge in [0.2, 0.25) is 0 Å². The second kappa shape index (κ2) is 7.11. The van der Waals surface area contributed by atoms with Crippen LogP contribution in [0.2, 0.25) is 0 Å². The number of hydrogen-bond acceptors (Lipinski definition) is 4. The third-order valence-electron chi connectivity index (χ3n) is 3.54. The highest BCUT2D eigenvalue weighted by molar-refractivity contribution is 5.41. The molecule has 2 rings (SSSR count). The van der Waals surface area contributed by atoms with Crippen molar-refractivity contribution in [2.75, 3.05) is 13.7 Å². The Morgan fingerprint density at radius 2 is 1.86 bits per heavy atom. The summed E-state index contributed by atoms with van der Waals surface area (Å²) in [5.41, 5.74) is 1.78. The summed E-state index contributed by atoms with van der Waals surface area (Å²) in [6.07, 6.45) is 0. The van der Waals surface area contributed by atoms with Crippen LogP contribution in [-0.2, 0) is 0 Å². The molecule has 112 valence electrons. The zero-order valence-corrected chi connectivity index (χ0v) is 12.3. The van der Waals surface area contributed by atoms with Gasteiger partial charge in [-0.25, -0.2) is 0 Å². The molecule has 0 radical (unpaired) electrons. The van der Waals surface area contributed by atoms with E-state index < -0.39 is 0 Å². The van der Waals surface area contributed by atoms with Gasteiger partial charge < -0.3 is 20.3 Å². The molecule has 0 bridgehead atoms. The summed E-state index contributed by atoms with van der Waals surface area (Å²) in [7, 11) is 1.56. The lowest BCUT2D eigenvalue weighted by Gasteiger charge is -2.23. The van der Waals surface area contributed by atoms with Crippen molar-refractivity contribution >= 4 is 0 Å². The summed E-state index contributed by atoms with van der Waals surface area (Å²) >= 11 is 0. The van der Waals surface area contributed by atoms with Crippen LogP contribution in [0.15, 0.2) is 48.5 Å². The Bertz CT molecular complexity index is 572. The maximum absolute atomic E-state index is 10.1. The summed E-state index contributed by atoms with van der Waals surface area (Å²) in [5, 5.41) is 23.0. The molecule has 0 amide bonds. The molecule has 1 unspecified atom stereocenters. The second-order valence-electron chi connectivity index (χ2n) is 4.96. The molecule has 0 aliphatic carbocycles. The lowest BCUT2D eigenvalue weighted by atomic mass is 10.0. The minimum absolute atomic E-state index is 0.00866. The molecule has 4 nitrogen and oxygen atoms in total. The zero-order valence-electron chi connectivity index (χ0n) is 12.3. The van der Waals surface area contributed by atoms with Crippen LogP contribution < -0.4 is 10.1 Å². The molecule has 0 saturated carbocycles. The molecule has 2 aromatic rings. The average molecular weight is 287 g/mol. The standard InChI is InChI=1S/C17H21NO3/c1-12(15-9-8-14(21-2)10-17(15)20)18-16(11-19)13-6-4-3-5-7-13/h3-10,12,16,18-20H,11H2,1-2H3/t12?,16-/m1/s1. The van der Waals surface area contributed by atoms with E-state index in [1.807, 2.05) is 49.4 Å². The van der Waals surface area contributed by atoms with E-state index in [4.69, 9.17) is 4.74 Å². The van der Waals surface area contributed by atoms with E-state index in [1.54, 1.807) is 13.2 Å². The predicted octanol–water partition coefficient (Wildman–Crippen LogP) is 2.79. The Hall–Kier alpha value is -2.04. The first-order chi connectivity index (χ1) is 10.2. The Morgan fingerprint density at radius 1 is 1.14 bits per heavy atom. The fourth-order valence-electron chi connectivity index (χ4n) is 2.35. The number of hydrogen-bond donors (Lipinski definition) is 3. The molecule has 0 aliphatic heterocycles. The maximum Gasteiger partial charge on any atom is 0.124 e. The van der Waals surface area contributed by atoms with E-state index in [9.17, 15) is 10.2 Å². The van der Waals surface area contributed by atoms with Gasteiger partial charge in [-0.2, -0.15) is 0 Å². The monoisotopic (exact) mass is 287 g/mol. The van der Waals surface area contributed by atoms with Crippen molar-refractivity contribution in [1.29, 1.82) is 0 Å². The van der Waals surface area contributed by atoms with Crippen LogP contribution in [0.3, 0.4) is 0 Å². The third kappa shape index (κ3) is 3.74. The second-order valence-corrected chi connectivity index (χ2v) is 4.96. The number of aliphatic hydroxyl groups is 1. The summed E-state index contributed by atoms with van der Waals surface area (Å²) < 4.78 is 5.08. The number of phenolic OH excluding ortho intramolecular Hbond substituents is 1. The van der Waals surface area contributed by atoms with E-state index in [2.05, 4.69) is 5.32 Å². The number of aliphatic hydroxyl groups excluding tert-OH is 1. The van der Waals surface area contributed by atoms with Crippen LogP contribution in [0.5, 0.6) is 11.5 Å². The minimum atomic E-state index is -0.178. The van der Waals surface area contributed by atoms with Crippen LogP contribution >= 0.6 is 0 Å². The quantitative estimate of drug-likeness (QED) is 0.764. The predicted molar refractivity (Wildman–Crippen MR) is 82.5 cm³/mol. The Labute approximate surface area is 125 Å². The van der Waals surface area contributed by atoms with Crippen molar-refractivity contribution in [2.24, 2.45) is 0 Å². The SMILES string of the molecule is COc1ccc(C(C)N[C@H](CO)c2ccccc2)c(O)c1. The number of benzene rings is 2. The van der Waals surface area contributed by atoms with Crippen molar-refractivity contribution in [3.05, 3.63) is 59.7 Å². The van der Waals surface area contributed by atoms with Gasteiger partial charge in [0.05, 0.1) is 19.8 Å². The van der Waals surface area contributed by atoms with Crippen LogP contribution in [0.25, 0.3) is 0 Å². The molecular formula is C17H21NO3. The van der Waals surface area contributed by atoms with Crippen molar-refractivity contribution in [3.8, 4) is 11.5 Å². The molecule has 21 heavy (non-hydrogen) atoms. The molecule has 0 aromatic heterocycles. The number of phenols is 1. The molecule has 0 heterocycles. The Kier molecular flexibility index (Phi) is 5.20. The van der Waals surface area contributed by atoms with Crippen molar-refractivity contribution in [3.63, 3.8) is 0 Å². The van der Waals surface area contributed by atoms with Gasteiger partial charge in [0.15, 0.2) is 0 Å². The fraction of sp³-hybridized carbons (Fsp3) is 0.294. The summed E-state index contributed by atoms with van der Waals surface area (Å²) in [6, 6.07) is 14.7. The largest absolute Gasteiger partial charge is 0.507 e. The molecule has 2 aromatic carbocycles. The Balaban J connectivity index is 2.14. The summed E-state index contributed by atoms with van der Waals surface area (Å²) in [5.74, 6) is 0.796. The van der Waals surface area contributed by atoms with Crippen molar-refractivity contribution < 1.29 is 14.9 Å². The number of aromatic hydroxyl groups is 1. The molecule has 0 spiro atoms. The summed E-state index contributed by atoms with van der Waals surface area (Å²) in [6.45, 7) is 1.94. The molecule has 2 atom stereocenters. The van der Waals surface area contributed by atoms with Gasteiger partial charge in [0, 0.05) is 17.7 Å². The van der Waals surface area contributed by atoms with Gasteiger partial charge in [-0.05, 0) is 18.6 Å². The van der Waals surface area contributed by atoms with Crippen molar-refractivity contribution in [1.82, 2.24) is 5.32 Å². The first-order valence-corrected chi connectivity index (χ1v) is 6.94. The molecular weight excluding hydrogens is 266 g/mol. The smallest absolute Gasteiger partial charge is 0.124 e. The van der Waals surface area contributed by atoms with Crippen LogP contribution in [0, 0.1) is 0 Å². The highest BCUT2D eigenvalue weighted by atomic mass is 16.5. The molecule has 4 heteroatoms. The number of ether oxygens (including phenoxy) is 1. The van der Waals surface area contributed by atoms with Gasteiger partial charge in [-0.15, -0.1) is 0 Å². The number of rotatable bonds is 6. The third-order valence-corrected chi connectivity index (χ3v) is 3.54. The van der Waals surface area contributed by atoms with Gasteiger partial charge in [-0.1, -0.05) is 36.4 Å². The van der Waals surface area contributed by atoms with Crippen molar-refractivity contribution in [2.45, 2.75) is 19.0 Å². The van der Waals surface area contributed by atoms with E-state index in [0.29, 0.717) is 5.75 Å². The highest BCUT2D eigenvalue weighted by Gasteiger charge is 2.17. The topological polar surface area (TPSA) is 61.7 Å². The minimum Gasteiger partial charge on any atom is -0.507 e. The van der Waals surface area contributed by atoms with Gasteiger partial charge in [-0.3, -0.25) is 0 Å². The summed E-state index contributed by atoms with van der Waals surface area (Å²) in [4.78, 5) is 0. The van der Waals surface area contributed by atoms with Gasteiger partial charge in [0.25, 0.3) is 0 Å². The fourth-order valence-corrected chi connectivity index (χ4v) is 2.35. The lowest BCUT2D eigenvalue weighted by molar-refractivity contribution is 0.234. The number of methoxy groups -OCH3 is 1. The van der Waals surface area contributed by atoms with Crippen LogP contribution in [0.4, 0.5) is 0 Å². The Morgan fingerprint density at radius 3 is 2.43 bits per heavy atom. The maximum atomic E-state index is 10.1. The highest BCUT2D eigenvalue weighted by Crippen LogP contribution is 2.29. The average Bonchev–Trinajstić information content (AvgIpc) is 2.53. The first-order valence-electron chi connectivity index (χ1n) is 6.94. The number of nitrogens with one attached hydrogen (secondary N) is 1. The van der Waals surface area contributed by atoms with Gasteiger partial charge >= 0.3 is 0 Å². The molecule has 0 aliphatic rings. The van der Waals surface area contributed by atoms with Gasteiger partial charge in [0.1, 0.15) is 11.5 Å². The van der Waals surface area contributed by atoms with E-state index in [1.165, 1.54) is 0 Å². The first kappa shape index (κ1) is 15.4. The molecule has 3 N–H and O–H groups in total. The van der Waals surface area contributed by atoms with Crippen LogP contribution in [-0.4, -0.2) is 23.9 Å². The van der Waals surface area contributed by atoms with E-state index in [0.717, 1.165) is 11.1 Å². The molecule has 0 saturated heterocycles.